The molecule has 1 fully saturated rings. The van der Waals surface area contributed by atoms with Crippen LogP contribution in [0, 0.1) is 6.92 Å². The molecule has 0 aliphatic heterocycles. The van der Waals surface area contributed by atoms with Crippen LogP contribution in [-0.4, -0.2) is 28.4 Å². The van der Waals surface area contributed by atoms with Gasteiger partial charge in [-0.2, -0.15) is 11.8 Å². The molecule has 0 radical (unpaired) electrons. The maximum atomic E-state index is 12.1. The topological polar surface area (TPSA) is 62.0 Å². The molecule has 2 rings (SSSR count). The van der Waals surface area contributed by atoms with E-state index in [0.29, 0.717) is 0 Å². The molecule has 0 saturated heterocycles. The normalized spacial score (nSPS) is 23.1. The first-order valence-electron chi connectivity index (χ1n) is 6.63. The van der Waals surface area contributed by atoms with E-state index < -0.39 is 0 Å². The van der Waals surface area contributed by atoms with Gasteiger partial charge in [0.1, 0.15) is 5.56 Å². The van der Waals surface area contributed by atoms with Crippen molar-refractivity contribution in [1.82, 2.24) is 10.3 Å². The first-order chi connectivity index (χ1) is 9.10. The Balaban J connectivity index is 1.96. The fourth-order valence-electron chi connectivity index (χ4n) is 2.46. The Morgan fingerprint density at radius 2 is 2.05 bits per heavy atom. The second kappa shape index (κ2) is 6.28. The molecular formula is C14H20N2O2S. The van der Waals surface area contributed by atoms with Crippen LogP contribution in [-0.2, 0) is 0 Å². The van der Waals surface area contributed by atoms with Gasteiger partial charge in [0, 0.05) is 29.2 Å². The fourth-order valence-corrected chi connectivity index (χ4v) is 3.20. The third kappa shape index (κ3) is 3.62. The van der Waals surface area contributed by atoms with Gasteiger partial charge in [-0.1, -0.05) is 0 Å². The summed E-state index contributed by atoms with van der Waals surface area (Å²) < 4.78 is 0. The van der Waals surface area contributed by atoms with Gasteiger partial charge in [-0.25, -0.2) is 0 Å². The van der Waals surface area contributed by atoms with Crippen molar-refractivity contribution in [3.05, 3.63) is 33.7 Å². The van der Waals surface area contributed by atoms with Crippen LogP contribution in [0.1, 0.15) is 41.7 Å². The van der Waals surface area contributed by atoms with Crippen molar-refractivity contribution in [3.8, 4) is 0 Å². The molecule has 0 bridgehead atoms. The largest absolute Gasteiger partial charge is 0.364 e. The Hall–Kier alpha value is -1.23. The molecule has 1 aliphatic carbocycles. The smallest absolute Gasteiger partial charge is 0.256 e. The van der Waals surface area contributed by atoms with Crippen molar-refractivity contribution in [3.63, 3.8) is 0 Å². The van der Waals surface area contributed by atoms with E-state index in [9.17, 15) is 9.59 Å². The van der Waals surface area contributed by atoms with Crippen molar-refractivity contribution in [1.29, 1.82) is 0 Å². The van der Waals surface area contributed by atoms with E-state index in [1.807, 2.05) is 11.8 Å². The van der Waals surface area contributed by atoms with Gasteiger partial charge in [0.15, 0.2) is 5.43 Å². The number of carbonyl (C=O) groups is 1. The third-order valence-electron chi connectivity index (χ3n) is 3.64. The van der Waals surface area contributed by atoms with Crippen molar-refractivity contribution >= 4 is 17.7 Å². The molecule has 1 saturated carbocycles. The van der Waals surface area contributed by atoms with Crippen LogP contribution in [0.4, 0.5) is 0 Å². The van der Waals surface area contributed by atoms with E-state index in [4.69, 9.17) is 0 Å². The molecule has 0 unspecified atom stereocenters. The summed E-state index contributed by atoms with van der Waals surface area (Å²) in [6, 6.07) is 1.66. The minimum Gasteiger partial charge on any atom is -0.364 e. The number of carbonyl (C=O) groups excluding carboxylic acids is 1. The van der Waals surface area contributed by atoms with Crippen molar-refractivity contribution in [2.24, 2.45) is 0 Å². The minimum absolute atomic E-state index is 0.205. The Morgan fingerprint density at radius 1 is 1.37 bits per heavy atom. The zero-order chi connectivity index (χ0) is 13.8. The van der Waals surface area contributed by atoms with Crippen molar-refractivity contribution in [2.45, 2.75) is 43.9 Å². The van der Waals surface area contributed by atoms with Crippen molar-refractivity contribution < 1.29 is 4.79 Å². The highest BCUT2D eigenvalue weighted by Gasteiger charge is 2.22. The van der Waals surface area contributed by atoms with E-state index in [1.165, 1.54) is 12.3 Å². The standard InChI is InChI=1S/C14H20N2O2S/c1-9-7-13(17)12(8-15-9)14(18)16-10-3-5-11(19-2)6-4-10/h7-8,10-11H,3-6H2,1-2H3,(H,15,17)(H,16,18). The van der Waals surface area contributed by atoms with Crippen LogP contribution in [0.2, 0.25) is 0 Å². The SMILES string of the molecule is CSC1CCC(NC(=O)c2c[nH]c(C)cc2=O)CC1. The predicted molar refractivity (Wildman–Crippen MR) is 78.8 cm³/mol. The second-order valence-corrected chi connectivity index (χ2v) is 6.21. The summed E-state index contributed by atoms with van der Waals surface area (Å²) in [6.07, 6.45) is 7.91. The minimum atomic E-state index is -0.256. The fraction of sp³-hybridized carbons (Fsp3) is 0.571. The molecule has 2 N–H and O–H groups in total. The van der Waals surface area contributed by atoms with Gasteiger partial charge in [-0.05, 0) is 38.9 Å². The summed E-state index contributed by atoms with van der Waals surface area (Å²) in [5.74, 6) is -0.256. The molecule has 1 aromatic heterocycles. The zero-order valence-electron chi connectivity index (χ0n) is 11.4. The molecule has 1 aromatic rings. The van der Waals surface area contributed by atoms with E-state index in [-0.39, 0.29) is 22.9 Å². The van der Waals surface area contributed by atoms with Gasteiger partial charge in [0.2, 0.25) is 0 Å². The molecule has 0 aromatic carbocycles. The lowest BCUT2D eigenvalue weighted by atomic mass is 9.95. The number of rotatable bonds is 3. The average Bonchev–Trinajstić information content (AvgIpc) is 2.39. The number of amides is 1. The van der Waals surface area contributed by atoms with E-state index in [2.05, 4.69) is 16.6 Å². The van der Waals surface area contributed by atoms with Crippen LogP contribution in [0.3, 0.4) is 0 Å². The summed E-state index contributed by atoms with van der Waals surface area (Å²) in [7, 11) is 0. The lowest BCUT2D eigenvalue weighted by Crippen LogP contribution is -2.39. The first kappa shape index (κ1) is 14.2. The summed E-state index contributed by atoms with van der Waals surface area (Å²) >= 11 is 1.90. The summed E-state index contributed by atoms with van der Waals surface area (Å²) in [6.45, 7) is 1.80. The molecule has 19 heavy (non-hydrogen) atoms. The number of hydrogen-bond acceptors (Lipinski definition) is 3. The maximum Gasteiger partial charge on any atom is 0.256 e. The molecule has 5 heteroatoms. The van der Waals surface area contributed by atoms with Gasteiger partial charge < -0.3 is 10.3 Å². The molecule has 104 valence electrons. The van der Waals surface area contributed by atoms with Crippen LogP contribution < -0.4 is 10.7 Å². The lowest BCUT2D eigenvalue weighted by Gasteiger charge is -2.27. The van der Waals surface area contributed by atoms with Crippen LogP contribution in [0.25, 0.3) is 0 Å². The highest BCUT2D eigenvalue weighted by Crippen LogP contribution is 2.26. The second-order valence-electron chi connectivity index (χ2n) is 5.08. The van der Waals surface area contributed by atoms with E-state index in [1.54, 1.807) is 6.92 Å². The maximum absolute atomic E-state index is 12.1. The van der Waals surface area contributed by atoms with Gasteiger partial charge in [-0.15, -0.1) is 0 Å². The Morgan fingerprint density at radius 3 is 2.63 bits per heavy atom. The molecule has 0 spiro atoms. The number of aromatic nitrogens is 1. The number of nitrogens with one attached hydrogen (secondary N) is 2. The van der Waals surface area contributed by atoms with Gasteiger partial charge >= 0.3 is 0 Å². The summed E-state index contributed by atoms with van der Waals surface area (Å²) in [4.78, 5) is 26.7. The number of thioether (sulfide) groups is 1. The van der Waals surface area contributed by atoms with E-state index in [0.717, 1.165) is 36.6 Å². The molecular weight excluding hydrogens is 260 g/mol. The third-order valence-corrected chi connectivity index (χ3v) is 4.78. The number of hydrogen-bond donors (Lipinski definition) is 2. The molecule has 1 heterocycles. The molecule has 0 atom stereocenters. The van der Waals surface area contributed by atoms with Gasteiger partial charge in [-0.3, -0.25) is 9.59 Å². The van der Waals surface area contributed by atoms with E-state index >= 15 is 0 Å². The van der Waals surface area contributed by atoms with Crippen LogP contribution in [0.15, 0.2) is 17.1 Å². The Bertz CT molecular complexity index is 504. The monoisotopic (exact) mass is 280 g/mol. The lowest BCUT2D eigenvalue weighted by molar-refractivity contribution is 0.0926. The first-order valence-corrected chi connectivity index (χ1v) is 7.92. The van der Waals surface area contributed by atoms with Crippen LogP contribution >= 0.6 is 11.8 Å². The number of pyridine rings is 1. The molecule has 1 aliphatic rings. The molecule has 4 nitrogen and oxygen atoms in total. The van der Waals surface area contributed by atoms with Crippen molar-refractivity contribution in [2.75, 3.05) is 6.26 Å². The average molecular weight is 280 g/mol. The quantitative estimate of drug-likeness (QED) is 0.891. The van der Waals surface area contributed by atoms with Gasteiger partial charge in [0.05, 0.1) is 0 Å². The highest BCUT2D eigenvalue weighted by molar-refractivity contribution is 7.99. The molecule has 1 amide bonds. The van der Waals surface area contributed by atoms with Gasteiger partial charge in [0.25, 0.3) is 5.91 Å². The summed E-state index contributed by atoms with van der Waals surface area (Å²) in [5.41, 5.74) is 0.756. The van der Waals surface area contributed by atoms with Crippen LogP contribution in [0.5, 0.6) is 0 Å². The number of H-pyrrole nitrogens is 1. The predicted octanol–water partition coefficient (Wildman–Crippen LogP) is 2.09. The Kier molecular flexibility index (Phi) is 4.69. The zero-order valence-corrected chi connectivity index (χ0v) is 12.2. The summed E-state index contributed by atoms with van der Waals surface area (Å²) in [5, 5.41) is 3.69. The Labute approximate surface area is 117 Å². The number of aryl methyl sites for hydroxylation is 1. The number of aromatic amines is 1. The highest BCUT2D eigenvalue weighted by atomic mass is 32.2.